The Labute approximate surface area is 111 Å². The number of aliphatic carboxylic acids is 1. The number of carbonyl (C=O) groups is 2. The third kappa shape index (κ3) is 2.86. The molecule has 1 aliphatic rings. The van der Waals surface area contributed by atoms with Crippen molar-refractivity contribution >= 4 is 12.0 Å². The Kier molecular flexibility index (Phi) is 3.73. The average molecular weight is 266 g/mol. The van der Waals surface area contributed by atoms with E-state index in [1.807, 2.05) is 18.5 Å². The topological polar surface area (TPSA) is 87.5 Å². The molecule has 0 radical (unpaired) electrons. The van der Waals surface area contributed by atoms with Gasteiger partial charge in [-0.3, -0.25) is 4.79 Å². The quantitative estimate of drug-likeness (QED) is 0.822. The van der Waals surface area contributed by atoms with E-state index in [-0.39, 0.29) is 18.5 Å². The molecule has 7 nitrogen and oxygen atoms in total. The standard InChI is InChI=1S/C12H18N4O3/c1-8-6-16(7-9(8)11(17)18)12(19)14-5-10-13-3-4-15(10)2/h3-4,8-9H,5-7H2,1-2H3,(H,14,19)(H,17,18)/t8-,9-/m1/s1. The summed E-state index contributed by atoms with van der Waals surface area (Å²) in [6.45, 7) is 2.93. The molecule has 2 heterocycles. The van der Waals surface area contributed by atoms with Crippen LogP contribution in [-0.2, 0) is 18.4 Å². The van der Waals surface area contributed by atoms with E-state index in [0.29, 0.717) is 13.1 Å². The van der Waals surface area contributed by atoms with Crippen LogP contribution in [0, 0.1) is 11.8 Å². The lowest BCUT2D eigenvalue weighted by molar-refractivity contribution is -0.142. The van der Waals surface area contributed by atoms with Crippen LogP contribution in [0.5, 0.6) is 0 Å². The molecule has 0 bridgehead atoms. The maximum atomic E-state index is 12.0. The fourth-order valence-electron chi connectivity index (χ4n) is 2.29. The highest BCUT2D eigenvalue weighted by Crippen LogP contribution is 2.22. The molecule has 1 fully saturated rings. The number of carboxylic acid groups (broad SMARTS) is 1. The number of likely N-dealkylation sites (tertiary alicyclic amines) is 1. The number of imidazole rings is 1. The van der Waals surface area contributed by atoms with Crippen molar-refractivity contribution in [2.45, 2.75) is 13.5 Å². The van der Waals surface area contributed by atoms with Gasteiger partial charge in [0.2, 0.25) is 0 Å². The lowest BCUT2D eigenvalue weighted by Crippen LogP contribution is -2.39. The first-order chi connectivity index (χ1) is 8.99. The smallest absolute Gasteiger partial charge is 0.317 e. The minimum atomic E-state index is -0.841. The molecule has 1 saturated heterocycles. The first-order valence-corrected chi connectivity index (χ1v) is 6.21. The van der Waals surface area contributed by atoms with Crippen molar-refractivity contribution in [3.05, 3.63) is 18.2 Å². The first kappa shape index (κ1) is 13.4. The summed E-state index contributed by atoms with van der Waals surface area (Å²) >= 11 is 0. The van der Waals surface area contributed by atoms with E-state index in [1.54, 1.807) is 17.3 Å². The highest BCUT2D eigenvalue weighted by Gasteiger charge is 2.36. The average Bonchev–Trinajstić information content (AvgIpc) is 2.92. The Bertz CT molecular complexity index is 485. The van der Waals surface area contributed by atoms with Crippen LogP contribution in [0.3, 0.4) is 0 Å². The summed E-state index contributed by atoms with van der Waals surface area (Å²) in [6.07, 6.45) is 3.47. The molecule has 2 atom stereocenters. The fraction of sp³-hybridized carbons (Fsp3) is 0.583. The maximum Gasteiger partial charge on any atom is 0.317 e. The second-order valence-corrected chi connectivity index (χ2v) is 4.94. The van der Waals surface area contributed by atoms with Crippen molar-refractivity contribution in [3.8, 4) is 0 Å². The van der Waals surface area contributed by atoms with Crippen LogP contribution in [0.15, 0.2) is 12.4 Å². The molecule has 1 aromatic heterocycles. The molecular formula is C12H18N4O3. The zero-order chi connectivity index (χ0) is 14.0. The number of hydrogen-bond donors (Lipinski definition) is 2. The number of rotatable bonds is 3. The van der Waals surface area contributed by atoms with Crippen LogP contribution >= 0.6 is 0 Å². The lowest BCUT2D eigenvalue weighted by atomic mass is 9.99. The van der Waals surface area contributed by atoms with E-state index in [9.17, 15) is 9.59 Å². The number of carboxylic acids is 1. The molecule has 19 heavy (non-hydrogen) atoms. The maximum absolute atomic E-state index is 12.0. The monoisotopic (exact) mass is 266 g/mol. The van der Waals surface area contributed by atoms with Crippen molar-refractivity contribution in [2.75, 3.05) is 13.1 Å². The van der Waals surface area contributed by atoms with Gasteiger partial charge in [0.05, 0.1) is 12.5 Å². The number of hydrogen-bond acceptors (Lipinski definition) is 3. The number of urea groups is 1. The molecule has 0 aromatic carbocycles. The summed E-state index contributed by atoms with van der Waals surface area (Å²) in [5, 5.41) is 11.8. The van der Waals surface area contributed by atoms with Gasteiger partial charge in [-0.25, -0.2) is 9.78 Å². The predicted octanol–water partition coefficient (Wildman–Crippen LogP) is 0.282. The summed E-state index contributed by atoms with van der Waals surface area (Å²) in [7, 11) is 1.85. The van der Waals surface area contributed by atoms with Crippen LogP contribution in [0.4, 0.5) is 4.79 Å². The van der Waals surface area contributed by atoms with Gasteiger partial charge in [-0.15, -0.1) is 0 Å². The van der Waals surface area contributed by atoms with Gasteiger partial charge in [-0.1, -0.05) is 6.92 Å². The van der Waals surface area contributed by atoms with Gasteiger partial charge in [0.1, 0.15) is 5.82 Å². The number of aromatic nitrogens is 2. The van der Waals surface area contributed by atoms with Crippen molar-refractivity contribution < 1.29 is 14.7 Å². The SMILES string of the molecule is C[C@@H]1CN(C(=O)NCc2nccn2C)C[C@H]1C(=O)O. The minimum absolute atomic E-state index is 0.0172. The zero-order valence-corrected chi connectivity index (χ0v) is 11.0. The highest BCUT2D eigenvalue weighted by molar-refractivity contribution is 5.77. The Morgan fingerprint density at radius 2 is 2.26 bits per heavy atom. The van der Waals surface area contributed by atoms with Crippen LogP contribution in [0.1, 0.15) is 12.7 Å². The van der Waals surface area contributed by atoms with E-state index in [1.165, 1.54) is 0 Å². The van der Waals surface area contributed by atoms with Crippen LogP contribution < -0.4 is 5.32 Å². The number of carbonyl (C=O) groups excluding carboxylic acids is 1. The van der Waals surface area contributed by atoms with Crippen molar-refractivity contribution in [1.82, 2.24) is 19.8 Å². The van der Waals surface area contributed by atoms with Crippen molar-refractivity contribution in [1.29, 1.82) is 0 Å². The summed E-state index contributed by atoms with van der Waals surface area (Å²) in [6, 6.07) is -0.237. The summed E-state index contributed by atoms with van der Waals surface area (Å²) in [5.41, 5.74) is 0. The van der Waals surface area contributed by atoms with E-state index < -0.39 is 11.9 Å². The summed E-state index contributed by atoms with van der Waals surface area (Å²) in [5.74, 6) is -0.572. The van der Waals surface area contributed by atoms with E-state index in [0.717, 1.165) is 5.82 Å². The number of nitrogens with zero attached hydrogens (tertiary/aromatic N) is 3. The van der Waals surface area contributed by atoms with Gasteiger partial charge in [0, 0.05) is 32.5 Å². The Balaban J connectivity index is 1.88. The molecular weight excluding hydrogens is 248 g/mol. The Hall–Kier alpha value is -2.05. The predicted molar refractivity (Wildman–Crippen MR) is 67.3 cm³/mol. The number of aryl methyl sites for hydroxylation is 1. The molecule has 2 amide bonds. The second-order valence-electron chi connectivity index (χ2n) is 4.94. The van der Waals surface area contributed by atoms with Crippen LogP contribution in [-0.4, -0.2) is 44.6 Å². The number of amides is 2. The van der Waals surface area contributed by atoms with E-state index in [2.05, 4.69) is 10.3 Å². The molecule has 0 saturated carbocycles. The Morgan fingerprint density at radius 1 is 1.53 bits per heavy atom. The lowest BCUT2D eigenvalue weighted by Gasteiger charge is -2.16. The van der Waals surface area contributed by atoms with Crippen molar-refractivity contribution in [2.24, 2.45) is 18.9 Å². The molecule has 2 N–H and O–H groups in total. The third-order valence-corrected chi connectivity index (χ3v) is 3.54. The van der Waals surface area contributed by atoms with Crippen LogP contribution in [0.25, 0.3) is 0 Å². The molecule has 7 heteroatoms. The van der Waals surface area contributed by atoms with E-state index >= 15 is 0 Å². The van der Waals surface area contributed by atoms with Gasteiger partial charge in [-0.05, 0) is 5.92 Å². The normalized spacial score (nSPS) is 22.5. The van der Waals surface area contributed by atoms with E-state index in [4.69, 9.17) is 5.11 Å². The third-order valence-electron chi connectivity index (χ3n) is 3.54. The minimum Gasteiger partial charge on any atom is -0.481 e. The second kappa shape index (κ2) is 5.29. The molecule has 1 aromatic rings. The summed E-state index contributed by atoms with van der Waals surface area (Å²) in [4.78, 5) is 28.6. The van der Waals surface area contributed by atoms with Gasteiger partial charge in [-0.2, -0.15) is 0 Å². The largest absolute Gasteiger partial charge is 0.481 e. The molecule has 2 rings (SSSR count). The number of nitrogens with one attached hydrogen (secondary N) is 1. The van der Waals surface area contributed by atoms with Crippen LogP contribution in [0.2, 0.25) is 0 Å². The zero-order valence-electron chi connectivity index (χ0n) is 11.0. The molecule has 104 valence electrons. The van der Waals surface area contributed by atoms with Gasteiger partial charge >= 0.3 is 12.0 Å². The van der Waals surface area contributed by atoms with Gasteiger partial charge < -0.3 is 19.9 Å². The summed E-state index contributed by atoms with van der Waals surface area (Å²) < 4.78 is 1.83. The molecule has 0 unspecified atom stereocenters. The first-order valence-electron chi connectivity index (χ1n) is 6.21. The Morgan fingerprint density at radius 3 is 2.79 bits per heavy atom. The highest BCUT2D eigenvalue weighted by atomic mass is 16.4. The fourth-order valence-corrected chi connectivity index (χ4v) is 2.29. The van der Waals surface area contributed by atoms with Crippen molar-refractivity contribution in [3.63, 3.8) is 0 Å². The molecule has 0 spiro atoms. The van der Waals surface area contributed by atoms with Gasteiger partial charge in [0.15, 0.2) is 0 Å². The molecule has 1 aliphatic heterocycles. The molecule has 0 aliphatic carbocycles. The van der Waals surface area contributed by atoms with Gasteiger partial charge in [0.25, 0.3) is 0 Å².